The number of likely N-dealkylation sites (N-methyl/N-ethyl adjacent to an activating group) is 1. The van der Waals surface area contributed by atoms with Crippen molar-refractivity contribution in [1.82, 2.24) is 10.2 Å². The van der Waals surface area contributed by atoms with E-state index in [0.29, 0.717) is 18.3 Å². The van der Waals surface area contributed by atoms with Crippen molar-refractivity contribution < 1.29 is 9.13 Å². The molecule has 0 radical (unpaired) electrons. The maximum Gasteiger partial charge on any atom is 0.165 e. The van der Waals surface area contributed by atoms with Gasteiger partial charge in [0, 0.05) is 19.1 Å². The Bertz CT molecular complexity index is 380. The molecular formula is C15H25FN2O. The molecule has 0 saturated carbocycles. The summed E-state index contributed by atoms with van der Waals surface area (Å²) >= 11 is 0. The highest BCUT2D eigenvalue weighted by Crippen LogP contribution is 2.17. The van der Waals surface area contributed by atoms with Gasteiger partial charge in [-0.3, -0.25) is 0 Å². The minimum Gasteiger partial charge on any atom is -0.494 e. The number of hydrogen-bond acceptors (Lipinski definition) is 3. The summed E-state index contributed by atoms with van der Waals surface area (Å²) in [5, 5.41) is 3.41. The van der Waals surface area contributed by atoms with Crippen LogP contribution in [0.2, 0.25) is 0 Å². The molecule has 0 heterocycles. The first-order valence-corrected chi connectivity index (χ1v) is 6.88. The van der Waals surface area contributed by atoms with E-state index >= 15 is 0 Å². The molecule has 0 bridgehead atoms. The van der Waals surface area contributed by atoms with Crippen LogP contribution in [0.25, 0.3) is 0 Å². The second kappa shape index (κ2) is 8.12. The summed E-state index contributed by atoms with van der Waals surface area (Å²) in [6, 6.07) is 5.46. The third-order valence-corrected chi connectivity index (χ3v) is 3.30. The lowest BCUT2D eigenvalue weighted by atomic mass is 10.2. The van der Waals surface area contributed by atoms with Gasteiger partial charge >= 0.3 is 0 Å². The van der Waals surface area contributed by atoms with E-state index in [-0.39, 0.29) is 5.82 Å². The highest BCUT2D eigenvalue weighted by Gasteiger charge is 2.08. The number of rotatable bonds is 8. The van der Waals surface area contributed by atoms with Crippen molar-refractivity contribution in [3.63, 3.8) is 0 Å². The van der Waals surface area contributed by atoms with Crippen LogP contribution < -0.4 is 10.1 Å². The first kappa shape index (κ1) is 15.9. The molecule has 1 aromatic rings. The monoisotopic (exact) mass is 268 g/mol. The fourth-order valence-electron chi connectivity index (χ4n) is 2.05. The molecule has 19 heavy (non-hydrogen) atoms. The van der Waals surface area contributed by atoms with Gasteiger partial charge in [-0.1, -0.05) is 19.9 Å². The first-order chi connectivity index (χ1) is 9.10. The van der Waals surface area contributed by atoms with Crippen LogP contribution in [0.5, 0.6) is 5.75 Å². The molecule has 0 saturated heterocycles. The highest BCUT2D eigenvalue weighted by molar-refractivity contribution is 5.29. The van der Waals surface area contributed by atoms with Crippen LogP contribution in [0.3, 0.4) is 0 Å². The van der Waals surface area contributed by atoms with Crippen molar-refractivity contribution >= 4 is 0 Å². The molecule has 1 atom stereocenters. The zero-order valence-electron chi connectivity index (χ0n) is 12.4. The van der Waals surface area contributed by atoms with Crippen molar-refractivity contribution in [3.8, 4) is 5.75 Å². The second-order valence-corrected chi connectivity index (χ2v) is 4.74. The van der Waals surface area contributed by atoms with Crippen molar-refractivity contribution in [1.29, 1.82) is 0 Å². The smallest absolute Gasteiger partial charge is 0.165 e. The van der Waals surface area contributed by atoms with Crippen LogP contribution in [-0.2, 0) is 6.54 Å². The molecule has 0 aliphatic heterocycles. The molecular weight excluding hydrogens is 243 g/mol. The Kier molecular flexibility index (Phi) is 6.81. The summed E-state index contributed by atoms with van der Waals surface area (Å²) in [6.07, 6.45) is 0. The summed E-state index contributed by atoms with van der Waals surface area (Å²) in [5.41, 5.74) is 0.935. The predicted molar refractivity (Wildman–Crippen MR) is 77.0 cm³/mol. The summed E-state index contributed by atoms with van der Waals surface area (Å²) < 4.78 is 18.4. The van der Waals surface area contributed by atoms with E-state index in [1.807, 2.05) is 6.07 Å². The Hall–Kier alpha value is -1.13. The number of halogens is 1. The lowest BCUT2D eigenvalue weighted by Gasteiger charge is -2.23. The highest BCUT2D eigenvalue weighted by atomic mass is 19.1. The third kappa shape index (κ3) is 5.17. The first-order valence-electron chi connectivity index (χ1n) is 6.88. The van der Waals surface area contributed by atoms with E-state index in [4.69, 9.17) is 4.74 Å². The van der Waals surface area contributed by atoms with Crippen LogP contribution in [0.1, 0.15) is 26.3 Å². The molecule has 0 aliphatic carbocycles. The van der Waals surface area contributed by atoms with Gasteiger partial charge in [0.2, 0.25) is 0 Å². The van der Waals surface area contributed by atoms with Crippen molar-refractivity contribution in [3.05, 3.63) is 29.6 Å². The number of ether oxygens (including phenoxy) is 1. The fourth-order valence-corrected chi connectivity index (χ4v) is 2.05. The summed E-state index contributed by atoms with van der Waals surface area (Å²) in [4.78, 5) is 2.37. The number of nitrogens with one attached hydrogen (secondary N) is 1. The molecule has 1 rings (SSSR count). The van der Waals surface area contributed by atoms with Gasteiger partial charge in [-0.25, -0.2) is 4.39 Å². The lowest BCUT2D eigenvalue weighted by Crippen LogP contribution is -2.38. The molecule has 108 valence electrons. The second-order valence-electron chi connectivity index (χ2n) is 4.74. The topological polar surface area (TPSA) is 24.5 Å². The predicted octanol–water partition coefficient (Wildman–Crippen LogP) is 2.65. The molecule has 4 heteroatoms. The Morgan fingerprint density at radius 3 is 2.53 bits per heavy atom. The van der Waals surface area contributed by atoms with Gasteiger partial charge in [-0.05, 0) is 37.7 Å². The standard InChI is InChI=1S/C15H25FN2O/c1-5-18(6-2)11-12(3)17-10-13-7-8-15(19-4)14(16)9-13/h7-9,12,17H,5-6,10-11H2,1-4H3. The lowest BCUT2D eigenvalue weighted by molar-refractivity contribution is 0.270. The third-order valence-electron chi connectivity index (χ3n) is 3.30. The van der Waals surface area contributed by atoms with E-state index in [0.717, 1.165) is 25.2 Å². The van der Waals surface area contributed by atoms with Crippen molar-refractivity contribution in [2.45, 2.75) is 33.4 Å². The van der Waals surface area contributed by atoms with E-state index in [9.17, 15) is 4.39 Å². The summed E-state index contributed by atoms with van der Waals surface area (Å²) in [7, 11) is 1.47. The average Bonchev–Trinajstić information content (AvgIpc) is 2.42. The Morgan fingerprint density at radius 2 is 2.00 bits per heavy atom. The van der Waals surface area contributed by atoms with Gasteiger partial charge in [0.15, 0.2) is 11.6 Å². The Balaban J connectivity index is 2.45. The van der Waals surface area contributed by atoms with Crippen LogP contribution in [0.15, 0.2) is 18.2 Å². The normalized spacial score (nSPS) is 12.7. The molecule has 1 N–H and O–H groups in total. The number of nitrogens with zero attached hydrogens (tertiary/aromatic N) is 1. The minimum atomic E-state index is -0.307. The van der Waals surface area contributed by atoms with E-state index in [1.165, 1.54) is 13.2 Å². The molecule has 1 aromatic carbocycles. The molecule has 0 fully saturated rings. The molecule has 0 aliphatic rings. The maximum atomic E-state index is 13.5. The van der Waals surface area contributed by atoms with Gasteiger partial charge in [-0.2, -0.15) is 0 Å². The molecule has 0 amide bonds. The molecule has 3 nitrogen and oxygen atoms in total. The molecule has 1 unspecified atom stereocenters. The molecule has 0 aromatic heterocycles. The minimum absolute atomic E-state index is 0.292. The number of benzene rings is 1. The van der Waals surface area contributed by atoms with Crippen LogP contribution in [0, 0.1) is 5.82 Å². The van der Waals surface area contributed by atoms with E-state index < -0.39 is 0 Å². The van der Waals surface area contributed by atoms with Crippen LogP contribution in [-0.4, -0.2) is 37.7 Å². The van der Waals surface area contributed by atoms with E-state index in [2.05, 4.69) is 31.0 Å². The Labute approximate surface area is 115 Å². The SMILES string of the molecule is CCN(CC)CC(C)NCc1ccc(OC)c(F)c1. The van der Waals surface area contributed by atoms with Gasteiger partial charge in [0.1, 0.15) is 0 Å². The van der Waals surface area contributed by atoms with Crippen LogP contribution >= 0.6 is 0 Å². The quantitative estimate of drug-likeness (QED) is 0.784. The van der Waals surface area contributed by atoms with Gasteiger partial charge in [0.05, 0.1) is 7.11 Å². The fraction of sp³-hybridized carbons (Fsp3) is 0.600. The maximum absolute atomic E-state index is 13.5. The van der Waals surface area contributed by atoms with Gasteiger partial charge < -0.3 is 15.0 Å². The zero-order chi connectivity index (χ0) is 14.3. The van der Waals surface area contributed by atoms with Crippen molar-refractivity contribution in [2.75, 3.05) is 26.7 Å². The summed E-state index contributed by atoms with van der Waals surface area (Å²) in [5.74, 6) is -0.0156. The summed E-state index contributed by atoms with van der Waals surface area (Å²) in [6.45, 7) is 10.3. The number of methoxy groups -OCH3 is 1. The molecule has 0 spiro atoms. The largest absolute Gasteiger partial charge is 0.494 e. The Morgan fingerprint density at radius 1 is 1.32 bits per heavy atom. The van der Waals surface area contributed by atoms with Gasteiger partial charge in [0.25, 0.3) is 0 Å². The van der Waals surface area contributed by atoms with Gasteiger partial charge in [-0.15, -0.1) is 0 Å². The van der Waals surface area contributed by atoms with Crippen molar-refractivity contribution in [2.24, 2.45) is 0 Å². The van der Waals surface area contributed by atoms with E-state index in [1.54, 1.807) is 6.07 Å². The number of hydrogen-bond donors (Lipinski definition) is 1. The van der Waals surface area contributed by atoms with Crippen LogP contribution in [0.4, 0.5) is 4.39 Å². The average molecular weight is 268 g/mol. The zero-order valence-corrected chi connectivity index (χ0v) is 12.4.